The van der Waals surface area contributed by atoms with Crippen LogP contribution in [0, 0.1) is 0 Å². The summed E-state index contributed by atoms with van der Waals surface area (Å²) in [7, 11) is 11.0. The molecule has 0 saturated carbocycles. The molecule has 0 amide bonds. The second kappa shape index (κ2) is 20.7. The zero-order valence-electron chi connectivity index (χ0n) is 30.6. The van der Waals surface area contributed by atoms with Crippen LogP contribution in [0.15, 0.2) is 134 Å². The van der Waals surface area contributed by atoms with Crippen LogP contribution >= 0.6 is 17.0 Å². The Hall–Kier alpha value is -3.40. The zero-order valence-corrected chi connectivity index (χ0v) is 35.6. The Morgan fingerprint density at radius 1 is 0.558 bits per heavy atom. The van der Waals surface area contributed by atoms with E-state index in [2.05, 4.69) is 146 Å². The fraction of sp³-hybridized carbons (Fsp3) is 0.217. The van der Waals surface area contributed by atoms with E-state index in [0.29, 0.717) is 0 Å². The number of nitrogens with zero attached hydrogens (tertiary/aromatic N) is 2. The standard InChI is InChI=1S/2C22H20N.C2H6Si.2ClH.Zr/c2*1-2-3-6-16-13-18-10-11-19(15-20(18)14-16)21-9-4-7-17-8-5-12-23-22(17)21;1-3-2;;;/h2*4-5,7-15H,2-3,6H2,1H3;1-2H3;2*1H;/q2*-1;;;;+4/p-2. The normalized spacial score (nSPS) is 10.6. The Balaban J connectivity index is 0.000000175. The van der Waals surface area contributed by atoms with E-state index in [1.54, 1.807) is 0 Å². The number of pyridine rings is 2. The molecule has 0 saturated heterocycles. The Kier molecular flexibility index (Phi) is 15.9. The van der Waals surface area contributed by atoms with Gasteiger partial charge < -0.3 is 0 Å². The van der Waals surface area contributed by atoms with Gasteiger partial charge in [0.2, 0.25) is 0 Å². The van der Waals surface area contributed by atoms with Crippen molar-refractivity contribution in [2.45, 2.75) is 65.5 Å². The fourth-order valence-electron chi connectivity index (χ4n) is 6.60. The van der Waals surface area contributed by atoms with Crippen molar-refractivity contribution < 1.29 is 20.8 Å². The molecule has 0 N–H and O–H groups in total. The van der Waals surface area contributed by atoms with Crippen molar-refractivity contribution in [3.63, 3.8) is 0 Å². The van der Waals surface area contributed by atoms with Gasteiger partial charge in [-0.1, -0.05) is 124 Å². The van der Waals surface area contributed by atoms with Crippen molar-refractivity contribution in [2.75, 3.05) is 0 Å². The average Bonchev–Trinajstić information content (AvgIpc) is 3.79. The van der Waals surface area contributed by atoms with Gasteiger partial charge in [-0.25, -0.2) is 0 Å². The fourth-order valence-corrected chi connectivity index (χ4v) is 6.60. The van der Waals surface area contributed by atoms with Crippen molar-refractivity contribution in [1.82, 2.24) is 9.97 Å². The van der Waals surface area contributed by atoms with Crippen LogP contribution in [0.4, 0.5) is 0 Å². The van der Waals surface area contributed by atoms with E-state index >= 15 is 0 Å². The van der Waals surface area contributed by atoms with Gasteiger partial charge in [0, 0.05) is 32.7 Å². The number of hydrogen-bond acceptors (Lipinski definition) is 2. The topological polar surface area (TPSA) is 25.8 Å². The van der Waals surface area contributed by atoms with E-state index in [4.69, 9.17) is 17.0 Å². The molecule has 8 aromatic rings. The average molecular weight is 817 g/mol. The molecule has 2 aromatic heterocycles. The summed E-state index contributed by atoms with van der Waals surface area (Å²) >= 11 is -0.826. The summed E-state index contributed by atoms with van der Waals surface area (Å²) in [6, 6.07) is 43.9. The van der Waals surface area contributed by atoms with E-state index in [9.17, 15) is 0 Å². The Morgan fingerprint density at radius 3 is 1.37 bits per heavy atom. The van der Waals surface area contributed by atoms with Crippen LogP contribution in [-0.4, -0.2) is 19.5 Å². The Labute approximate surface area is 330 Å². The monoisotopic (exact) mass is 814 g/mol. The number of hydrogen-bond donors (Lipinski definition) is 0. The number of aromatic nitrogens is 2. The van der Waals surface area contributed by atoms with E-state index in [-0.39, 0.29) is 0 Å². The van der Waals surface area contributed by atoms with Gasteiger partial charge >= 0.3 is 37.9 Å². The summed E-state index contributed by atoms with van der Waals surface area (Å²) in [5, 5.41) is 7.73. The molecule has 6 aromatic carbocycles. The maximum absolute atomic E-state index is 4.93. The summed E-state index contributed by atoms with van der Waals surface area (Å²) in [6.07, 6.45) is 11.1. The van der Waals surface area contributed by atoms with Gasteiger partial charge in [0.15, 0.2) is 0 Å². The van der Waals surface area contributed by atoms with Gasteiger partial charge in [-0.3, -0.25) is 9.97 Å². The first-order valence-electron chi connectivity index (χ1n) is 18.1. The first-order valence-corrected chi connectivity index (χ1v) is 26.5. The van der Waals surface area contributed by atoms with Gasteiger partial charge in [0.1, 0.15) is 0 Å². The van der Waals surface area contributed by atoms with Gasteiger partial charge in [-0.2, -0.15) is 12.1 Å². The van der Waals surface area contributed by atoms with Gasteiger partial charge in [-0.15, -0.1) is 69.1 Å². The summed E-state index contributed by atoms with van der Waals surface area (Å²) in [6.45, 7) is 8.79. The van der Waals surface area contributed by atoms with Crippen LogP contribution < -0.4 is 0 Å². The van der Waals surface area contributed by atoms with Crippen LogP contribution in [0.5, 0.6) is 0 Å². The second-order valence-electron chi connectivity index (χ2n) is 13.0. The summed E-state index contributed by atoms with van der Waals surface area (Å²) in [5.74, 6) is 0. The van der Waals surface area contributed by atoms with Crippen LogP contribution in [0.3, 0.4) is 0 Å². The molecule has 6 heteroatoms. The molecule has 0 fully saturated rings. The van der Waals surface area contributed by atoms with Crippen molar-refractivity contribution in [3.05, 3.63) is 145 Å². The molecular formula is C46H46Cl2N2SiZr. The molecule has 0 aliphatic carbocycles. The summed E-state index contributed by atoms with van der Waals surface area (Å²) < 4.78 is 0. The van der Waals surface area contributed by atoms with Crippen LogP contribution in [0.25, 0.3) is 65.6 Å². The first kappa shape index (κ1) is 39.8. The number of rotatable bonds is 8. The Morgan fingerprint density at radius 2 is 0.962 bits per heavy atom. The summed E-state index contributed by atoms with van der Waals surface area (Å²) in [5.41, 5.74) is 9.97. The molecule has 8 rings (SSSR count). The number of halogens is 2. The van der Waals surface area contributed by atoms with Gasteiger partial charge in [0.05, 0.1) is 11.0 Å². The summed E-state index contributed by atoms with van der Waals surface area (Å²) in [4.78, 5) is 9.17. The van der Waals surface area contributed by atoms with Crippen molar-refractivity contribution in [3.8, 4) is 22.3 Å². The first-order chi connectivity index (χ1) is 25.5. The zero-order chi connectivity index (χ0) is 36.7. The molecule has 0 unspecified atom stereocenters. The molecule has 0 aliphatic rings. The van der Waals surface area contributed by atoms with Crippen LogP contribution in [0.2, 0.25) is 13.1 Å². The number of fused-ring (bicyclic) bond motifs is 4. The second-order valence-corrected chi connectivity index (χ2v) is 17.7. The quantitative estimate of drug-likeness (QED) is 0.113. The third kappa shape index (κ3) is 10.4. The molecular weight excluding hydrogens is 771 g/mol. The molecule has 0 spiro atoms. The van der Waals surface area contributed by atoms with E-state index in [1.807, 2.05) is 24.5 Å². The third-order valence-corrected chi connectivity index (χ3v) is 9.06. The minimum absolute atomic E-state index is 0.826. The predicted molar refractivity (Wildman–Crippen MR) is 227 cm³/mol. The SMILES string of the molecule is CCCCc1cc2ccc(-c3cccc4cccnc34)cc2[cH-]1.CCCCc1cc2ccc(-c3cccc4cccnc34)cc2[cH-]1.C[Si]C.[Cl][Zr+2][Cl]. The maximum atomic E-state index is 4.93. The number of para-hydroxylation sites is 2. The minimum atomic E-state index is -0.826. The van der Waals surface area contributed by atoms with Crippen molar-refractivity contribution in [2.24, 2.45) is 0 Å². The van der Waals surface area contributed by atoms with E-state index in [1.165, 1.54) is 104 Å². The third-order valence-electron chi connectivity index (χ3n) is 9.06. The molecule has 2 heterocycles. The molecule has 2 nitrogen and oxygen atoms in total. The van der Waals surface area contributed by atoms with Crippen molar-refractivity contribution in [1.29, 1.82) is 0 Å². The Bertz CT molecular complexity index is 2130. The molecule has 0 aliphatic heterocycles. The van der Waals surface area contributed by atoms with Crippen LogP contribution in [-0.2, 0) is 33.7 Å². The van der Waals surface area contributed by atoms with Gasteiger partial charge in [0.25, 0.3) is 0 Å². The number of aryl methyl sites for hydroxylation is 2. The van der Waals surface area contributed by atoms with Crippen molar-refractivity contribution >= 4 is 69.9 Å². The number of unbranched alkanes of at least 4 members (excludes halogenated alkanes) is 2. The van der Waals surface area contributed by atoms with Crippen LogP contribution in [0.1, 0.15) is 50.7 Å². The molecule has 0 atom stereocenters. The predicted octanol–water partition coefficient (Wildman–Crippen LogP) is 14.4. The van der Waals surface area contributed by atoms with E-state index < -0.39 is 20.8 Å². The van der Waals surface area contributed by atoms with E-state index in [0.717, 1.165) is 20.6 Å². The van der Waals surface area contributed by atoms with Gasteiger partial charge in [-0.05, 0) is 36.1 Å². The molecule has 52 heavy (non-hydrogen) atoms. The number of benzene rings is 4. The molecule has 2 radical (unpaired) electrons. The molecule has 0 bridgehead atoms. The molecule has 262 valence electrons.